The van der Waals surface area contributed by atoms with Gasteiger partial charge in [-0.2, -0.15) is 0 Å². The average molecular weight is 505 g/mol. The number of phenolic OH excluding ortho intramolecular Hbond substituents is 1. The summed E-state index contributed by atoms with van der Waals surface area (Å²) in [5, 5.41) is 15.3. The fourth-order valence-electron chi connectivity index (χ4n) is 4.89. The Labute approximate surface area is 214 Å². The van der Waals surface area contributed by atoms with Crippen LogP contribution in [0.25, 0.3) is 5.69 Å². The minimum absolute atomic E-state index is 0.158. The van der Waals surface area contributed by atoms with Crippen LogP contribution >= 0.6 is 23.8 Å². The highest BCUT2D eigenvalue weighted by Crippen LogP contribution is 2.46. The maximum absolute atomic E-state index is 10.6. The molecule has 1 saturated heterocycles. The number of aryl methyl sites for hydroxylation is 1. The van der Waals surface area contributed by atoms with Crippen LogP contribution in [0, 0.1) is 13.8 Å². The number of anilines is 1. The Hall–Kier alpha value is -3.55. The number of aromatic hydroxyl groups is 1. The third-order valence-electron chi connectivity index (χ3n) is 6.41. The van der Waals surface area contributed by atoms with Crippen LogP contribution < -0.4 is 15.0 Å². The molecule has 5 rings (SSSR count). The van der Waals surface area contributed by atoms with Crippen molar-refractivity contribution >= 4 is 34.6 Å². The Bertz CT molecular complexity index is 1410. The van der Waals surface area contributed by atoms with Gasteiger partial charge in [0.25, 0.3) is 0 Å². The first-order valence-electron chi connectivity index (χ1n) is 11.2. The molecule has 1 aliphatic heterocycles. The van der Waals surface area contributed by atoms with E-state index < -0.39 is 0 Å². The minimum atomic E-state index is -0.213. The minimum Gasteiger partial charge on any atom is -0.506 e. The topological polar surface area (TPSA) is 62.5 Å². The molecule has 6 nitrogen and oxygen atoms in total. The normalized spacial score (nSPS) is 17.5. The predicted octanol–water partition coefficient (Wildman–Crippen LogP) is 6.03. The van der Waals surface area contributed by atoms with Crippen LogP contribution in [0.5, 0.6) is 11.5 Å². The van der Waals surface area contributed by atoms with Gasteiger partial charge in [0.1, 0.15) is 11.5 Å². The van der Waals surface area contributed by atoms with Crippen molar-refractivity contribution in [2.45, 2.75) is 25.9 Å². The second-order valence-electron chi connectivity index (χ2n) is 8.46. The number of thiocarbonyl (C=S) groups is 1. The monoisotopic (exact) mass is 504 g/mol. The van der Waals surface area contributed by atoms with Crippen LogP contribution in [0.1, 0.15) is 34.7 Å². The molecule has 0 spiro atoms. The first-order chi connectivity index (χ1) is 16.9. The summed E-state index contributed by atoms with van der Waals surface area (Å²) in [4.78, 5) is 6.73. The summed E-state index contributed by atoms with van der Waals surface area (Å²) in [7, 11) is 1.66. The number of nitrogens with one attached hydrogen (secondary N) is 1. The van der Waals surface area contributed by atoms with Crippen molar-refractivity contribution in [1.29, 1.82) is 0 Å². The maximum atomic E-state index is 10.6. The smallest absolute Gasteiger partial charge is 0.174 e. The predicted molar refractivity (Wildman–Crippen MR) is 143 cm³/mol. The highest BCUT2D eigenvalue weighted by molar-refractivity contribution is 7.80. The molecule has 0 saturated carbocycles. The third-order valence-corrected chi connectivity index (χ3v) is 6.96. The summed E-state index contributed by atoms with van der Waals surface area (Å²) in [5.74, 6) is 0.885. The highest BCUT2D eigenvalue weighted by atomic mass is 35.5. The van der Waals surface area contributed by atoms with E-state index in [2.05, 4.69) is 21.3 Å². The number of halogens is 1. The van der Waals surface area contributed by atoms with Gasteiger partial charge in [0, 0.05) is 22.6 Å². The molecule has 0 bridgehead atoms. The van der Waals surface area contributed by atoms with Gasteiger partial charge < -0.3 is 24.6 Å². The van der Waals surface area contributed by atoms with E-state index in [1.807, 2.05) is 60.9 Å². The van der Waals surface area contributed by atoms with Crippen LogP contribution in [0.2, 0.25) is 5.02 Å². The number of pyridine rings is 1. The Kier molecular flexibility index (Phi) is 6.13. The number of nitrogens with zero attached hydrogens (tertiary/aromatic N) is 3. The van der Waals surface area contributed by atoms with Gasteiger partial charge in [0.2, 0.25) is 0 Å². The molecule has 0 amide bonds. The summed E-state index contributed by atoms with van der Waals surface area (Å²) >= 11 is 12.1. The Morgan fingerprint density at radius 3 is 2.54 bits per heavy atom. The van der Waals surface area contributed by atoms with Crippen LogP contribution in [0.4, 0.5) is 5.69 Å². The fraction of sp³-hybridized carbons (Fsp3) is 0.185. The molecule has 2 atom stereocenters. The number of ether oxygens (including phenoxy) is 1. The average Bonchev–Trinajstić information content (AvgIpc) is 3.36. The van der Waals surface area contributed by atoms with E-state index in [0.717, 1.165) is 34.1 Å². The van der Waals surface area contributed by atoms with Crippen molar-refractivity contribution in [1.82, 2.24) is 14.9 Å². The zero-order valence-corrected chi connectivity index (χ0v) is 21.1. The van der Waals surface area contributed by atoms with Gasteiger partial charge in [-0.15, -0.1) is 0 Å². The summed E-state index contributed by atoms with van der Waals surface area (Å²) in [6.07, 6.45) is 1.79. The standard InChI is InChI=1S/C27H25ClN4O2S/c1-16-14-19(17(2)31(16)22-15-18(28)11-12-23(22)33)26-25(20-8-6-7-13-29-20)30-27(35)32(26)21-9-4-5-10-24(21)34-3/h4-15,25-26,33H,1-3H3,(H,30,35)/t25-,26-/m1/s1. The Morgan fingerprint density at radius 2 is 1.80 bits per heavy atom. The third kappa shape index (κ3) is 4.00. The maximum Gasteiger partial charge on any atom is 0.174 e. The summed E-state index contributed by atoms with van der Waals surface area (Å²) in [6.45, 7) is 4.06. The SMILES string of the molecule is COc1ccccc1N1C(=S)N[C@H](c2ccccn2)[C@H]1c1cc(C)n(-c2cc(Cl)ccc2O)c1C. The van der Waals surface area contributed by atoms with Crippen molar-refractivity contribution in [3.05, 3.63) is 101 Å². The highest BCUT2D eigenvalue weighted by Gasteiger charge is 2.43. The van der Waals surface area contributed by atoms with Gasteiger partial charge in [-0.25, -0.2) is 0 Å². The van der Waals surface area contributed by atoms with Crippen LogP contribution in [-0.2, 0) is 0 Å². The number of methoxy groups -OCH3 is 1. The van der Waals surface area contributed by atoms with Crippen molar-refractivity contribution in [2.75, 3.05) is 12.0 Å². The summed E-state index contributed by atoms with van der Waals surface area (Å²) in [5.41, 5.74) is 5.37. The molecule has 2 aromatic carbocycles. The van der Waals surface area contributed by atoms with E-state index in [1.165, 1.54) is 0 Å². The van der Waals surface area contributed by atoms with Gasteiger partial charge in [0.15, 0.2) is 5.11 Å². The lowest BCUT2D eigenvalue weighted by atomic mass is 9.96. The molecule has 35 heavy (non-hydrogen) atoms. The molecule has 4 aromatic rings. The molecular formula is C27H25ClN4O2S. The number of hydrogen-bond acceptors (Lipinski definition) is 4. The lowest BCUT2D eigenvalue weighted by Crippen LogP contribution is -2.30. The van der Waals surface area contributed by atoms with Gasteiger partial charge in [-0.3, -0.25) is 4.98 Å². The number of aromatic nitrogens is 2. The van der Waals surface area contributed by atoms with Gasteiger partial charge in [-0.05, 0) is 80.2 Å². The van der Waals surface area contributed by atoms with Crippen LogP contribution in [0.15, 0.2) is 72.9 Å². The Morgan fingerprint density at radius 1 is 1.03 bits per heavy atom. The summed E-state index contributed by atoms with van der Waals surface area (Å²) in [6, 6.07) is 20.5. The van der Waals surface area contributed by atoms with E-state index in [9.17, 15) is 5.11 Å². The molecule has 1 aliphatic rings. The lowest BCUT2D eigenvalue weighted by Gasteiger charge is -2.29. The molecule has 1 fully saturated rings. The number of hydrogen-bond donors (Lipinski definition) is 2. The number of rotatable bonds is 5. The van der Waals surface area contributed by atoms with Gasteiger partial charge in [-0.1, -0.05) is 29.8 Å². The molecule has 8 heteroatoms. The van der Waals surface area contributed by atoms with E-state index in [4.69, 9.17) is 28.6 Å². The first-order valence-corrected chi connectivity index (χ1v) is 12.0. The largest absolute Gasteiger partial charge is 0.506 e. The van der Waals surface area contributed by atoms with Crippen LogP contribution in [0.3, 0.4) is 0 Å². The quantitative estimate of drug-likeness (QED) is 0.323. The molecule has 0 unspecified atom stereocenters. The van der Waals surface area contributed by atoms with Crippen molar-refractivity contribution in [2.24, 2.45) is 0 Å². The molecule has 2 aromatic heterocycles. The summed E-state index contributed by atoms with van der Waals surface area (Å²) < 4.78 is 7.71. The number of benzene rings is 2. The van der Waals surface area contributed by atoms with Crippen LogP contribution in [-0.4, -0.2) is 26.9 Å². The molecule has 0 aliphatic carbocycles. The Balaban J connectivity index is 1.72. The van der Waals surface area contributed by atoms with E-state index in [1.54, 1.807) is 31.5 Å². The van der Waals surface area contributed by atoms with Gasteiger partial charge >= 0.3 is 0 Å². The van der Waals surface area contributed by atoms with E-state index >= 15 is 0 Å². The zero-order chi connectivity index (χ0) is 24.7. The second kappa shape index (κ2) is 9.24. The first kappa shape index (κ1) is 23.2. The number of phenols is 1. The zero-order valence-electron chi connectivity index (χ0n) is 19.6. The van der Waals surface area contributed by atoms with Crippen molar-refractivity contribution < 1.29 is 9.84 Å². The molecule has 3 heterocycles. The fourth-order valence-corrected chi connectivity index (χ4v) is 5.40. The lowest BCUT2D eigenvalue weighted by molar-refractivity contribution is 0.414. The number of para-hydroxylation sites is 2. The van der Waals surface area contributed by atoms with Crippen molar-refractivity contribution in [3.63, 3.8) is 0 Å². The second-order valence-corrected chi connectivity index (χ2v) is 9.29. The van der Waals surface area contributed by atoms with E-state index in [-0.39, 0.29) is 17.8 Å². The molecular weight excluding hydrogens is 480 g/mol. The molecule has 0 radical (unpaired) electrons. The molecule has 2 N–H and O–H groups in total. The van der Waals surface area contributed by atoms with Crippen molar-refractivity contribution in [3.8, 4) is 17.2 Å². The van der Waals surface area contributed by atoms with Gasteiger partial charge in [0.05, 0.1) is 36.3 Å². The van der Waals surface area contributed by atoms with E-state index in [0.29, 0.717) is 15.8 Å². The molecule has 178 valence electrons.